The van der Waals surface area contributed by atoms with Crippen molar-refractivity contribution in [3.8, 4) is 0 Å². The third kappa shape index (κ3) is 13.1. The maximum absolute atomic E-state index is 13.9. The molecule has 0 saturated carbocycles. The lowest BCUT2D eigenvalue weighted by Gasteiger charge is -2.37. The number of nitrogens with zero attached hydrogens (tertiary/aromatic N) is 3. The van der Waals surface area contributed by atoms with Crippen molar-refractivity contribution in [3.05, 3.63) is 0 Å². The summed E-state index contributed by atoms with van der Waals surface area (Å²) in [6, 6.07) is -4.92. The van der Waals surface area contributed by atoms with Crippen LogP contribution in [0.3, 0.4) is 0 Å². The summed E-state index contributed by atoms with van der Waals surface area (Å²) in [5.74, 6) is -1.99. The third-order valence-electron chi connectivity index (χ3n) is 8.46. The van der Waals surface area contributed by atoms with Crippen molar-refractivity contribution >= 4 is 33.8 Å². The fourth-order valence-corrected chi connectivity index (χ4v) is 5.76. The SMILES string of the molecule is CN(C[C@@H](NC(=O)N[C@H](C(=O)N1CCC[C@H]1C(=O)N[C@@H](CC(F)F)C(=O)NCCN1CCOCC1)C(C)(C)C)C(C)(C)C)S(C)(=O)=O. The van der Waals surface area contributed by atoms with Crippen LogP contribution in [0.5, 0.6) is 0 Å². The molecule has 14 nitrogen and oxygen atoms in total. The van der Waals surface area contributed by atoms with E-state index in [4.69, 9.17) is 4.74 Å². The molecule has 2 aliphatic heterocycles. The van der Waals surface area contributed by atoms with Gasteiger partial charge in [-0.05, 0) is 23.7 Å². The first-order valence-corrected chi connectivity index (χ1v) is 17.9. The third-order valence-corrected chi connectivity index (χ3v) is 9.74. The molecule has 47 heavy (non-hydrogen) atoms. The van der Waals surface area contributed by atoms with Crippen molar-refractivity contribution in [2.45, 2.75) is 91.4 Å². The van der Waals surface area contributed by atoms with Gasteiger partial charge in [-0.15, -0.1) is 0 Å². The monoisotopic (exact) mass is 695 g/mol. The van der Waals surface area contributed by atoms with E-state index in [1.807, 2.05) is 20.8 Å². The Morgan fingerprint density at radius 2 is 1.57 bits per heavy atom. The second kappa shape index (κ2) is 17.2. The average molecular weight is 696 g/mol. The Kier molecular flexibility index (Phi) is 14.8. The van der Waals surface area contributed by atoms with Gasteiger partial charge in [0.2, 0.25) is 34.2 Å². The topological polar surface area (TPSA) is 169 Å². The van der Waals surface area contributed by atoms with E-state index in [1.54, 1.807) is 20.8 Å². The second-order valence-corrected chi connectivity index (χ2v) is 16.6. The van der Waals surface area contributed by atoms with Crippen LogP contribution in [0, 0.1) is 10.8 Å². The van der Waals surface area contributed by atoms with Crippen molar-refractivity contribution in [1.29, 1.82) is 0 Å². The zero-order valence-corrected chi connectivity index (χ0v) is 29.8. The number of rotatable bonds is 14. The van der Waals surface area contributed by atoms with Crippen LogP contribution in [0.4, 0.5) is 13.6 Å². The number of carbonyl (C=O) groups is 4. The molecular formula is C30H55F2N7O7S. The van der Waals surface area contributed by atoms with Gasteiger partial charge < -0.3 is 30.9 Å². The van der Waals surface area contributed by atoms with Gasteiger partial charge in [-0.3, -0.25) is 19.3 Å². The van der Waals surface area contributed by atoms with Gasteiger partial charge in [0.25, 0.3) is 0 Å². The molecule has 4 N–H and O–H groups in total. The number of amides is 5. The molecular weight excluding hydrogens is 640 g/mol. The van der Waals surface area contributed by atoms with Crippen LogP contribution < -0.4 is 21.3 Å². The van der Waals surface area contributed by atoms with Crippen molar-refractivity contribution in [3.63, 3.8) is 0 Å². The van der Waals surface area contributed by atoms with Gasteiger partial charge >= 0.3 is 6.03 Å². The molecule has 0 radical (unpaired) electrons. The summed E-state index contributed by atoms with van der Waals surface area (Å²) in [6.07, 6.45) is -1.95. The molecule has 2 fully saturated rings. The Hall–Kier alpha value is -2.63. The van der Waals surface area contributed by atoms with Crippen LogP contribution in [0.15, 0.2) is 0 Å². The maximum atomic E-state index is 13.9. The summed E-state index contributed by atoms with van der Waals surface area (Å²) < 4.78 is 57.4. The van der Waals surface area contributed by atoms with Crippen LogP contribution in [0.2, 0.25) is 0 Å². The lowest BCUT2D eigenvalue weighted by Crippen LogP contribution is -2.62. The van der Waals surface area contributed by atoms with E-state index in [9.17, 15) is 36.4 Å². The largest absolute Gasteiger partial charge is 0.379 e. The van der Waals surface area contributed by atoms with E-state index in [0.717, 1.165) is 10.6 Å². The fourth-order valence-electron chi connectivity index (χ4n) is 5.34. The first-order chi connectivity index (χ1) is 21.6. The van der Waals surface area contributed by atoms with Gasteiger partial charge in [0.05, 0.1) is 19.5 Å². The summed E-state index contributed by atoms with van der Waals surface area (Å²) in [4.78, 5) is 56.8. The summed E-state index contributed by atoms with van der Waals surface area (Å²) >= 11 is 0. The van der Waals surface area contributed by atoms with E-state index in [-0.39, 0.29) is 26.1 Å². The second-order valence-electron chi connectivity index (χ2n) is 14.5. The van der Waals surface area contributed by atoms with E-state index < -0.39 is 81.6 Å². The first kappa shape index (κ1) is 40.5. The molecule has 0 aromatic heterocycles. The number of nitrogens with one attached hydrogen (secondary N) is 4. The summed E-state index contributed by atoms with van der Waals surface area (Å²) in [6.45, 7) is 14.2. The van der Waals surface area contributed by atoms with Crippen LogP contribution in [-0.2, 0) is 29.1 Å². The number of alkyl halides is 2. The molecule has 2 heterocycles. The van der Waals surface area contributed by atoms with Crippen LogP contribution >= 0.6 is 0 Å². The number of urea groups is 1. The van der Waals surface area contributed by atoms with Gasteiger partial charge in [0.15, 0.2) is 0 Å². The molecule has 0 aromatic rings. The Bertz CT molecular complexity index is 1190. The Balaban J connectivity index is 2.13. The van der Waals surface area contributed by atoms with Gasteiger partial charge in [-0.25, -0.2) is 26.3 Å². The van der Waals surface area contributed by atoms with Crippen molar-refractivity contribution in [2.75, 3.05) is 65.8 Å². The fraction of sp³-hybridized carbons (Fsp3) is 0.867. The van der Waals surface area contributed by atoms with Crippen LogP contribution in [0.1, 0.15) is 60.8 Å². The van der Waals surface area contributed by atoms with E-state index in [0.29, 0.717) is 39.3 Å². The molecule has 272 valence electrons. The number of hydrogen-bond acceptors (Lipinski definition) is 8. The summed E-state index contributed by atoms with van der Waals surface area (Å²) in [5.41, 5.74) is -1.35. The molecule has 0 unspecified atom stereocenters. The van der Waals surface area contributed by atoms with Crippen molar-refractivity contribution in [1.82, 2.24) is 35.4 Å². The zero-order valence-electron chi connectivity index (χ0n) is 29.0. The van der Waals surface area contributed by atoms with Gasteiger partial charge in [0.1, 0.15) is 18.1 Å². The van der Waals surface area contributed by atoms with Gasteiger partial charge in [-0.2, -0.15) is 0 Å². The Morgan fingerprint density at radius 1 is 0.957 bits per heavy atom. The highest BCUT2D eigenvalue weighted by atomic mass is 32.2. The highest BCUT2D eigenvalue weighted by Gasteiger charge is 2.43. The maximum Gasteiger partial charge on any atom is 0.315 e. The number of halogens is 2. The molecule has 0 spiro atoms. The summed E-state index contributed by atoms with van der Waals surface area (Å²) in [7, 11) is -2.11. The molecule has 4 atom stereocenters. The molecule has 0 bridgehead atoms. The lowest BCUT2D eigenvalue weighted by molar-refractivity contribution is -0.142. The van der Waals surface area contributed by atoms with Crippen LogP contribution in [-0.4, -0.2) is 143 Å². The summed E-state index contributed by atoms with van der Waals surface area (Å²) in [5, 5.41) is 10.6. The van der Waals surface area contributed by atoms with Crippen molar-refractivity contribution in [2.24, 2.45) is 10.8 Å². The number of likely N-dealkylation sites (N-methyl/N-ethyl adjacent to an activating group) is 1. The minimum atomic E-state index is -3.52. The van der Waals surface area contributed by atoms with Crippen LogP contribution in [0.25, 0.3) is 0 Å². The molecule has 2 rings (SSSR count). The molecule has 17 heteroatoms. The molecule has 0 aliphatic carbocycles. The molecule has 5 amide bonds. The predicted octanol–water partition coefficient (Wildman–Crippen LogP) is 0.586. The number of morpholine rings is 1. The Morgan fingerprint density at radius 3 is 2.11 bits per heavy atom. The van der Waals surface area contributed by atoms with E-state index in [2.05, 4.69) is 26.2 Å². The quantitative estimate of drug-likeness (QED) is 0.205. The standard InChI is InChI=1S/C30H55F2N7O7S/c1-29(2,3)22(19-37(7)47(8,44)45)35-28(43)36-24(30(4,5)6)27(42)39-12-9-10-21(39)26(41)34-20(18-23(31)32)25(40)33-11-13-38-14-16-46-17-15-38/h20-24H,9-19H2,1-8H3,(H,33,40)(H,34,41)(H2,35,36,43)/t20-,21-,22+,24+/m0/s1. The minimum Gasteiger partial charge on any atom is -0.379 e. The number of ether oxygens (including phenoxy) is 1. The highest BCUT2D eigenvalue weighted by Crippen LogP contribution is 2.27. The minimum absolute atomic E-state index is 0.00116. The number of carbonyl (C=O) groups excluding carboxylic acids is 4. The lowest BCUT2D eigenvalue weighted by atomic mass is 9.85. The molecule has 2 aliphatic rings. The van der Waals surface area contributed by atoms with Gasteiger partial charge in [-0.1, -0.05) is 41.5 Å². The Labute approximate surface area is 278 Å². The molecule has 2 saturated heterocycles. The normalized spacial score (nSPS) is 20.1. The number of sulfonamides is 1. The zero-order chi connectivity index (χ0) is 35.7. The number of likely N-dealkylation sites (tertiary alicyclic amines) is 1. The smallest absolute Gasteiger partial charge is 0.315 e. The predicted molar refractivity (Wildman–Crippen MR) is 173 cm³/mol. The van der Waals surface area contributed by atoms with E-state index in [1.165, 1.54) is 11.9 Å². The van der Waals surface area contributed by atoms with Gasteiger partial charge in [0, 0.05) is 58.8 Å². The highest BCUT2D eigenvalue weighted by molar-refractivity contribution is 7.88. The average Bonchev–Trinajstić information content (AvgIpc) is 3.44. The van der Waals surface area contributed by atoms with Crippen molar-refractivity contribution < 1.29 is 41.1 Å². The molecule has 0 aromatic carbocycles. The van der Waals surface area contributed by atoms with E-state index >= 15 is 0 Å². The number of hydrogen-bond donors (Lipinski definition) is 4. The first-order valence-electron chi connectivity index (χ1n) is 16.1.